The molecule has 0 atom stereocenters. The van der Waals surface area contributed by atoms with Crippen molar-refractivity contribution in [3.8, 4) is 11.5 Å². The van der Waals surface area contributed by atoms with Gasteiger partial charge in [-0.1, -0.05) is 18.2 Å². The van der Waals surface area contributed by atoms with E-state index in [-0.39, 0.29) is 28.9 Å². The lowest BCUT2D eigenvalue weighted by Gasteiger charge is -2.13. The fourth-order valence-electron chi connectivity index (χ4n) is 2.51. The van der Waals surface area contributed by atoms with Crippen LogP contribution in [0.3, 0.4) is 0 Å². The molecule has 0 aliphatic carbocycles. The molecule has 160 valence electrons. The standard InChI is InChI=1S/C19H26N4O4S.HI/c1-4-21-19(22-12-14-6-5-7-16(10-14)28(20,24)25)23-13-15-8-9-17(26-2)18(11-15)27-3;/h5-11H,4,12-13H2,1-3H3,(H2,20,24,25)(H2,21,22,23);1H. The van der Waals surface area contributed by atoms with E-state index >= 15 is 0 Å². The fraction of sp³-hybridized carbons (Fsp3) is 0.316. The van der Waals surface area contributed by atoms with Crippen molar-refractivity contribution in [2.75, 3.05) is 20.8 Å². The Labute approximate surface area is 189 Å². The molecule has 0 heterocycles. The normalized spacial score (nSPS) is 11.4. The maximum absolute atomic E-state index is 11.5. The number of hydrogen-bond acceptors (Lipinski definition) is 5. The van der Waals surface area contributed by atoms with Gasteiger partial charge in [0.1, 0.15) is 0 Å². The molecule has 0 aliphatic heterocycles. The van der Waals surface area contributed by atoms with Gasteiger partial charge < -0.3 is 20.1 Å². The van der Waals surface area contributed by atoms with E-state index < -0.39 is 10.0 Å². The number of nitrogens with zero attached hydrogens (tertiary/aromatic N) is 1. The summed E-state index contributed by atoms with van der Waals surface area (Å²) in [7, 11) is -0.547. The Balaban J connectivity index is 0.00000420. The van der Waals surface area contributed by atoms with Gasteiger partial charge in [-0.05, 0) is 42.3 Å². The maximum Gasteiger partial charge on any atom is 0.238 e. The summed E-state index contributed by atoms with van der Waals surface area (Å²) < 4.78 is 33.5. The smallest absolute Gasteiger partial charge is 0.238 e. The summed E-state index contributed by atoms with van der Waals surface area (Å²) >= 11 is 0. The Bertz CT molecular complexity index is 936. The number of halogens is 1. The van der Waals surface area contributed by atoms with Gasteiger partial charge in [0.2, 0.25) is 10.0 Å². The highest BCUT2D eigenvalue weighted by Crippen LogP contribution is 2.27. The van der Waals surface area contributed by atoms with Gasteiger partial charge in [-0.2, -0.15) is 0 Å². The molecule has 0 amide bonds. The molecule has 8 nitrogen and oxygen atoms in total. The van der Waals surface area contributed by atoms with Crippen LogP contribution < -0.4 is 25.2 Å². The molecular formula is C19H27IN4O4S. The Hall–Kier alpha value is -2.05. The number of rotatable bonds is 8. The van der Waals surface area contributed by atoms with Gasteiger partial charge in [-0.3, -0.25) is 0 Å². The van der Waals surface area contributed by atoms with E-state index in [4.69, 9.17) is 14.6 Å². The van der Waals surface area contributed by atoms with E-state index in [0.717, 1.165) is 11.1 Å². The molecule has 0 saturated heterocycles. The molecule has 0 radical (unpaired) electrons. The van der Waals surface area contributed by atoms with Crippen LogP contribution in [-0.4, -0.2) is 35.1 Å². The first-order valence-corrected chi connectivity index (χ1v) is 10.3. The van der Waals surface area contributed by atoms with Crippen LogP contribution in [0.15, 0.2) is 52.4 Å². The molecule has 0 fully saturated rings. The van der Waals surface area contributed by atoms with Crippen molar-refractivity contribution in [3.05, 3.63) is 53.6 Å². The van der Waals surface area contributed by atoms with E-state index in [9.17, 15) is 8.42 Å². The molecule has 10 heteroatoms. The predicted octanol–water partition coefficient (Wildman–Crippen LogP) is 2.22. The van der Waals surface area contributed by atoms with Crippen molar-refractivity contribution in [3.63, 3.8) is 0 Å². The molecule has 2 rings (SSSR count). The number of aliphatic imine (C=N–C) groups is 1. The first-order chi connectivity index (χ1) is 13.4. The molecule has 0 unspecified atom stereocenters. The zero-order chi connectivity index (χ0) is 20.6. The first kappa shape index (κ1) is 25.0. The second-order valence-corrected chi connectivity index (χ2v) is 7.49. The summed E-state index contributed by atoms with van der Waals surface area (Å²) in [6, 6.07) is 12.1. The third-order valence-electron chi connectivity index (χ3n) is 3.90. The van der Waals surface area contributed by atoms with Crippen LogP contribution in [0, 0.1) is 0 Å². The number of ether oxygens (including phenoxy) is 2. The van der Waals surface area contributed by atoms with Crippen molar-refractivity contribution in [1.29, 1.82) is 0 Å². The highest BCUT2D eigenvalue weighted by atomic mass is 127. The van der Waals surface area contributed by atoms with Gasteiger partial charge in [-0.15, -0.1) is 24.0 Å². The summed E-state index contributed by atoms with van der Waals surface area (Å²) in [5.74, 6) is 1.93. The van der Waals surface area contributed by atoms with Crippen molar-refractivity contribution >= 4 is 40.0 Å². The Kier molecular flexibility index (Phi) is 10.2. The number of sulfonamides is 1. The second kappa shape index (κ2) is 11.8. The summed E-state index contributed by atoms with van der Waals surface area (Å²) in [5.41, 5.74) is 1.74. The van der Waals surface area contributed by atoms with E-state index in [1.54, 1.807) is 26.4 Å². The number of hydrogen-bond donors (Lipinski definition) is 3. The minimum absolute atomic E-state index is 0. The van der Waals surface area contributed by atoms with Crippen LogP contribution in [-0.2, 0) is 23.1 Å². The van der Waals surface area contributed by atoms with Gasteiger partial charge in [0.05, 0.1) is 25.7 Å². The van der Waals surface area contributed by atoms with Gasteiger partial charge >= 0.3 is 0 Å². The van der Waals surface area contributed by atoms with Crippen LogP contribution in [0.25, 0.3) is 0 Å². The van der Waals surface area contributed by atoms with Gasteiger partial charge in [0, 0.05) is 13.1 Å². The molecule has 0 saturated carbocycles. The van der Waals surface area contributed by atoms with Crippen molar-refractivity contribution in [1.82, 2.24) is 10.6 Å². The van der Waals surface area contributed by atoms with E-state index in [1.165, 1.54) is 12.1 Å². The lowest BCUT2D eigenvalue weighted by molar-refractivity contribution is 0.354. The number of nitrogens with two attached hydrogens (primary N) is 1. The molecule has 4 N–H and O–H groups in total. The highest BCUT2D eigenvalue weighted by molar-refractivity contribution is 14.0. The summed E-state index contributed by atoms with van der Waals surface area (Å²) in [5, 5.41) is 11.6. The number of nitrogens with one attached hydrogen (secondary N) is 2. The average molecular weight is 534 g/mol. The van der Waals surface area contributed by atoms with Crippen LogP contribution in [0.2, 0.25) is 0 Å². The minimum Gasteiger partial charge on any atom is -0.493 e. The SMILES string of the molecule is CCNC(=NCc1cccc(S(N)(=O)=O)c1)NCc1ccc(OC)c(OC)c1.I. The van der Waals surface area contributed by atoms with Gasteiger partial charge in [-0.25, -0.2) is 18.5 Å². The molecule has 29 heavy (non-hydrogen) atoms. The van der Waals surface area contributed by atoms with Crippen molar-refractivity contribution < 1.29 is 17.9 Å². The number of guanidine groups is 1. The third-order valence-corrected chi connectivity index (χ3v) is 4.81. The number of methoxy groups -OCH3 is 2. The van der Waals surface area contributed by atoms with Crippen LogP contribution >= 0.6 is 24.0 Å². The van der Waals surface area contributed by atoms with E-state index in [2.05, 4.69) is 15.6 Å². The summed E-state index contributed by atoms with van der Waals surface area (Å²) in [6.45, 7) is 3.50. The van der Waals surface area contributed by atoms with Gasteiger partial charge in [0.15, 0.2) is 17.5 Å². The van der Waals surface area contributed by atoms with Crippen molar-refractivity contribution in [2.24, 2.45) is 10.1 Å². The first-order valence-electron chi connectivity index (χ1n) is 8.72. The minimum atomic E-state index is -3.73. The second-order valence-electron chi connectivity index (χ2n) is 5.93. The monoisotopic (exact) mass is 534 g/mol. The zero-order valence-electron chi connectivity index (χ0n) is 16.6. The predicted molar refractivity (Wildman–Crippen MR) is 124 cm³/mol. The van der Waals surface area contributed by atoms with Crippen LogP contribution in [0.4, 0.5) is 0 Å². The molecule has 0 bridgehead atoms. The van der Waals surface area contributed by atoms with Crippen molar-refractivity contribution in [2.45, 2.75) is 24.9 Å². The Morgan fingerprint density at radius 1 is 1.03 bits per heavy atom. The third kappa shape index (κ3) is 7.71. The molecule has 0 spiro atoms. The van der Waals surface area contributed by atoms with Crippen LogP contribution in [0.5, 0.6) is 11.5 Å². The number of primary sulfonamides is 1. The molecule has 2 aromatic carbocycles. The lowest BCUT2D eigenvalue weighted by atomic mass is 10.2. The Morgan fingerprint density at radius 3 is 2.38 bits per heavy atom. The molecular weight excluding hydrogens is 507 g/mol. The summed E-state index contributed by atoms with van der Waals surface area (Å²) in [6.07, 6.45) is 0. The van der Waals surface area contributed by atoms with E-state index in [1.807, 2.05) is 25.1 Å². The van der Waals surface area contributed by atoms with E-state index in [0.29, 0.717) is 37.1 Å². The average Bonchev–Trinajstić information content (AvgIpc) is 2.69. The Morgan fingerprint density at radius 2 is 1.76 bits per heavy atom. The quantitative estimate of drug-likeness (QED) is 0.272. The molecule has 2 aromatic rings. The lowest BCUT2D eigenvalue weighted by Crippen LogP contribution is -2.36. The van der Waals surface area contributed by atoms with Crippen LogP contribution in [0.1, 0.15) is 18.1 Å². The maximum atomic E-state index is 11.5. The zero-order valence-corrected chi connectivity index (χ0v) is 19.8. The highest BCUT2D eigenvalue weighted by Gasteiger charge is 2.08. The van der Waals surface area contributed by atoms with Gasteiger partial charge in [0.25, 0.3) is 0 Å². The summed E-state index contributed by atoms with van der Waals surface area (Å²) in [4.78, 5) is 4.57. The topological polar surface area (TPSA) is 115 Å². The largest absolute Gasteiger partial charge is 0.493 e. The molecule has 0 aromatic heterocycles. The molecule has 0 aliphatic rings. The number of benzene rings is 2. The fourth-order valence-corrected chi connectivity index (χ4v) is 3.09.